The maximum absolute atomic E-state index is 10.9. The third kappa shape index (κ3) is 1.96. The second kappa shape index (κ2) is 4.41. The van der Waals surface area contributed by atoms with Gasteiger partial charge in [0.25, 0.3) is 0 Å². The Labute approximate surface area is 97.1 Å². The van der Waals surface area contributed by atoms with Crippen molar-refractivity contribution in [3.05, 3.63) is 58.3 Å². The minimum Gasteiger partial charge on any atom is -0.358 e. The van der Waals surface area contributed by atoms with Gasteiger partial charge in [0.15, 0.2) is 0 Å². The van der Waals surface area contributed by atoms with Gasteiger partial charge in [0.1, 0.15) is 12.3 Å². The molecule has 0 N–H and O–H groups in total. The first-order valence-corrected chi connectivity index (χ1v) is 4.83. The van der Waals surface area contributed by atoms with E-state index in [4.69, 9.17) is 5.26 Å². The fourth-order valence-electron chi connectivity index (χ4n) is 1.57. The maximum atomic E-state index is 10.9. The highest BCUT2D eigenvalue weighted by Gasteiger charge is 2.20. The summed E-state index contributed by atoms with van der Waals surface area (Å²) in [6, 6.07) is 12.2. The van der Waals surface area contributed by atoms with Gasteiger partial charge in [-0.1, -0.05) is 30.3 Å². The number of benzene rings is 1. The molecule has 2 aromatic rings. The lowest BCUT2D eigenvalue weighted by molar-refractivity contribution is -0.388. The number of pyridine rings is 1. The van der Waals surface area contributed by atoms with Gasteiger partial charge in [-0.15, -0.1) is 0 Å². The van der Waals surface area contributed by atoms with Crippen molar-refractivity contribution in [1.82, 2.24) is 4.98 Å². The first kappa shape index (κ1) is 10.8. The van der Waals surface area contributed by atoms with E-state index in [1.54, 1.807) is 30.3 Å². The number of rotatable bonds is 2. The summed E-state index contributed by atoms with van der Waals surface area (Å²) in [7, 11) is 0. The summed E-state index contributed by atoms with van der Waals surface area (Å²) < 4.78 is 0. The molecular formula is C12H7N3O2. The van der Waals surface area contributed by atoms with Crippen molar-refractivity contribution in [3.8, 4) is 17.2 Å². The Morgan fingerprint density at radius 3 is 2.53 bits per heavy atom. The third-order valence-corrected chi connectivity index (χ3v) is 2.29. The number of hydrogen-bond donors (Lipinski definition) is 0. The average Bonchev–Trinajstić information content (AvgIpc) is 2.38. The summed E-state index contributed by atoms with van der Waals surface area (Å²) in [5.41, 5.74) is 1.13. The molecular weight excluding hydrogens is 218 g/mol. The number of nitriles is 1. The predicted molar refractivity (Wildman–Crippen MR) is 61.0 cm³/mol. The van der Waals surface area contributed by atoms with Crippen LogP contribution < -0.4 is 0 Å². The van der Waals surface area contributed by atoms with E-state index in [1.165, 1.54) is 12.3 Å². The molecule has 5 nitrogen and oxygen atoms in total. The average molecular weight is 225 g/mol. The Balaban J connectivity index is 2.75. The normalized spacial score (nSPS) is 9.59. The van der Waals surface area contributed by atoms with Gasteiger partial charge in [-0.2, -0.15) is 5.26 Å². The van der Waals surface area contributed by atoms with E-state index in [-0.39, 0.29) is 16.9 Å². The van der Waals surface area contributed by atoms with Gasteiger partial charge in [0, 0.05) is 6.07 Å². The van der Waals surface area contributed by atoms with E-state index in [1.807, 2.05) is 6.07 Å². The SMILES string of the molecule is N#Cc1ccnc([N+](=O)[O-])c1-c1ccccc1. The van der Waals surface area contributed by atoms with Crippen molar-refractivity contribution in [3.63, 3.8) is 0 Å². The van der Waals surface area contributed by atoms with Crippen molar-refractivity contribution in [2.75, 3.05) is 0 Å². The van der Waals surface area contributed by atoms with Crippen molar-refractivity contribution >= 4 is 5.82 Å². The second-order valence-corrected chi connectivity index (χ2v) is 3.29. The molecule has 0 aliphatic heterocycles. The van der Waals surface area contributed by atoms with Gasteiger partial charge in [0.05, 0.1) is 11.1 Å². The number of hydrogen-bond acceptors (Lipinski definition) is 4. The molecule has 5 heteroatoms. The molecule has 0 fully saturated rings. The smallest absolute Gasteiger partial charge is 0.358 e. The van der Waals surface area contributed by atoms with E-state index >= 15 is 0 Å². The van der Waals surface area contributed by atoms with Gasteiger partial charge < -0.3 is 10.1 Å². The maximum Gasteiger partial charge on any atom is 0.372 e. The monoisotopic (exact) mass is 225 g/mol. The molecule has 0 aliphatic carbocycles. The molecule has 0 saturated carbocycles. The van der Waals surface area contributed by atoms with Crippen molar-refractivity contribution in [2.24, 2.45) is 0 Å². The van der Waals surface area contributed by atoms with Gasteiger partial charge >= 0.3 is 5.82 Å². The topological polar surface area (TPSA) is 79.8 Å². The largest absolute Gasteiger partial charge is 0.372 e. The number of aromatic nitrogens is 1. The fourth-order valence-corrected chi connectivity index (χ4v) is 1.57. The Morgan fingerprint density at radius 2 is 1.94 bits per heavy atom. The predicted octanol–water partition coefficient (Wildman–Crippen LogP) is 2.53. The Hall–Kier alpha value is -2.74. The Kier molecular flexibility index (Phi) is 2.79. The zero-order valence-electron chi connectivity index (χ0n) is 8.70. The molecule has 0 atom stereocenters. The molecule has 0 saturated heterocycles. The van der Waals surface area contributed by atoms with E-state index in [9.17, 15) is 10.1 Å². The van der Waals surface area contributed by atoms with Crippen molar-refractivity contribution in [1.29, 1.82) is 5.26 Å². The molecule has 1 aromatic carbocycles. The number of nitrogens with zero attached hydrogens (tertiary/aromatic N) is 3. The highest BCUT2D eigenvalue weighted by molar-refractivity contribution is 5.77. The minimum absolute atomic E-state index is 0.248. The Morgan fingerprint density at radius 1 is 1.24 bits per heavy atom. The molecule has 1 heterocycles. The van der Waals surface area contributed by atoms with Crippen LogP contribution in [0.4, 0.5) is 5.82 Å². The molecule has 0 unspecified atom stereocenters. The van der Waals surface area contributed by atoms with Crippen LogP contribution >= 0.6 is 0 Å². The molecule has 17 heavy (non-hydrogen) atoms. The quantitative estimate of drug-likeness (QED) is 0.581. The summed E-state index contributed by atoms with van der Waals surface area (Å²) in [5.74, 6) is -0.296. The third-order valence-electron chi connectivity index (χ3n) is 2.29. The lowest BCUT2D eigenvalue weighted by Gasteiger charge is -2.03. The van der Waals surface area contributed by atoms with E-state index in [0.717, 1.165) is 0 Å². The van der Waals surface area contributed by atoms with E-state index < -0.39 is 4.92 Å². The van der Waals surface area contributed by atoms with E-state index in [0.29, 0.717) is 5.56 Å². The standard InChI is InChI=1S/C12H7N3O2/c13-8-10-6-7-14-12(15(16)17)11(10)9-4-2-1-3-5-9/h1-7H. The summed E-state index contributed by atoms with van der Waals surface area (Å²) in [4.78, 5) is 14.0. The second-order valence-electron chi connectivity index (χ2n) is 3.29. The number of nitro groups is 1. The molecule has 0 amide bonds. The molecule has 0 bridgehead atoms. The van der Waals surface area contributed by atoms with Crippen LogP contribution in [-0.4, -0.2) is 9.91 Å². The summed E-state index contributed by atoms with van der Waals surface area (Å²) in [6.45, 7) is 0. The van der Waals surface area contributed by atoms with Gasteiger partial charge in [-0.3, -0.25) is 0 Å². The van der Waals surface area contributed by atoms with Crippen LogP contribution in [0.5, 0.6) is 0 Å². The molecule has 2 rings (SSSR count). The van der Waals surface area contributed by atoms with Crippen molar-refractivity contribution in [2.45, 2.75) is 0 Å². The summed E-state index contributed by atoms with van der Waals surface area (Å²) >= 11 is 0. The summed E-state index contributed by atoms with van der Waals surface area (Å²) in [6.07, 6.45) is 1.27. The van der Waals surface area contributed by atoms with Crippen LogP contribution in [0.1, 0.15) is 5.56 Å². The van der Waals surface area contributed by atoms with Crippen LogP contribution in [0, 0.1) is 21.4 Å². The zero-order chi connectivity index (χ0) is 12.3. The van der Waals surface area contributed by atoms with Crippen LogP contribution in [-0.2, 0) is 0 Å². The first-order chi connectivity index (χ1) is 8.24. The minimum atomic E-state index is -0.580. The van der Waals surface area contributed by atoms with Crippen LogP contribution in [0.3, 0.4) is 0 Å². The first-order valence-electron chi connectivity index (χ1n) is 4.83. The van der Waals surface area contributed by atoms with Gasteiger partial charge in [-0.25, -0.2) is 0 Å². The van der Waals surface area contributed by atoms with E-state index in [2.05, 4.69) is 4.98 Å². The van der Waals surface area contributed by atoms with Gasteiger partial charge in [0.2, 0.25) is 0 Å². The Bertz CT molecular complexity index is 603. The lowest BCUT2D eigenvalue weighted by Crippen LogP contribution is -1.97. The molecule has 82 valence electrons. The van der Waals surface area contributed by atoms with Crippen LogP contribution in [0.25, 0.3) is 11.1 Å². The summed E-state index contributed by atoms with van der Waals surface area (Å²) in [5, 5.41) is 19.9. The van der Waals surface area contributed by atoms with Crippen LogP contribution in [0.2, 0.25) is 0 Å². The highest BCUT2D eigenvalue weighted by atomic mass is 16.6. The van der Waals surface area contributed by atoms with Crippen LogP contribution in [0.15, 0.2) is 42.6 Å². The molecule has 1 aromatic heterocycles. The lowest BCUT2D eigenvalue weighted by atomic mass is 10.0. The molecule has 0 spiro atoms. The zero-order valence-corrected chi connectivity index (χ0v) is 8.70. The fraction of sp³-hybridized carbons (Fsp3) is 0. The van der Waals surface area contributed by atoms with Crippen molar-refractivity contribution < 1.29 is 4.92 Å². The van der Waals surface area contributed by atoms with Gasteiger partial charge in [-0.05, 0) is 15.5 Å². The molecule has 0 aliphatic rings. The highest BCUT2D eigenvalue weighted by Crippen LogP contribution is 2.30. The molecule has 0 radical (unpaired) electrons.